The maximum absolute atomic E-state index is 11.5. The summed E-state index contributed by atoms with van der Waals surface area (Å²) >= 11 is 0. The quantitative estimate of drug-likeness (QED) is 0.359. The third-order valence-electron chi connectivity index (χ3n) is 6.47. The van der Waals surface area contributed by atoms with Crippen molar-refractivity contribution in [3.8, 4) is 17.2 Å². The molecule has 0 saturated carbocycles. The van der Waals surface area contributed by atoms with Crippen LogP contribution < -0.4 is 14.8 Å². The molecule has 0 aromatic carbocycles. The summed E-state index contributed by atoms with van der Waals surface area (Å²) < 4.78 is 21.4. The van der Waals surface area contributed by atoms with Gasteiger partial charge in [-0.05, 0) is 19.4 Å². The summed E-state index contributed by atoms with van der Waals surface area (Å²) in [5.41, 5.74) is 2.85. The second-order valence-corrected chi connectivity index (χ2v) is 10.5. The van der Waals surface area contributed by atoms with Gasteiger partial charge in [-0.1, -0.05) is 20.8 Å². The first-order chi connectivity index (χ1) is 18.1. The van der Waals surface area contributed by atoms with E-state index in [-0.39, 0.29) is 23.7 Å². The van der Waals surface area contributed by atoms with Gasteiger partial charge in [0.1, 0.15) is 17.0 Å². The van der Waals surface area contributed by atoms with E-state index in [1.165, 1.54) is 6.92 Å². The number of carbonyl (C=O) groups is 1. The van der Waals surface area contributed by atoms with E-state index in [0.29, 0.717) is 52.5 Å². The molecule has 200 valence electrons. The highest BCUT2D eigenvalue weighted by Crippen LogP contribution is 2.38. The molecule has 11 nitrogen and oxygen atoms in total. The molecule has 4 aromatic heterocycles. The predicted octanol–water partition coefficient (Wildman–Crippen LogP) is 4.49. The number of ether oxygens (including phenoxy) is 3. The summed E-state index contributed by atoms with van der Waals surface area (Å²) in [6.45, 7) is 9.47. The smallest absolute Gasteiger partial charge is 0.211 e. The van der Waals surface area contributed by atoms with Crippen LogP contribution in [0.4, 0.5) is 11.8 Å². The molecule has 1 aliphatic rings. The molecule has 1 N–H and O–H groups in total. The van der Waals surface area contributed by atoms with Crippen LogP contribution in [0.25, 0.3) is 11.2 Å². The maximum atomic E-state index is 11.5. The Bertz CT molecular complexity index is 1480. The molecule has 1 fully saturated rings. The molecule has 0 radical (unpaired) electrons. The highest BCUT2D eigenvalue weighted by Gasteiger charge is 2.28. The van der Waals surface area contributed by atoms with Crippen LogP contribution in [0.3, 0.4) is 0 Å². The summed E-state index contributed by atoms with van der Waals surface area (Å²) in [4.78, 5) is 24.9. The van der Waals surface area contributed by atoms with E-state index in [1.807, 2.05) is 11.6 Å². The second kappa shape index (κ2) is 10.1. The number of Topliss-reactive ketones (excluding diaryl/α,β-unsaturated/α-hetero) is 1. The Balaban J connectivity index is 1.47. The largest absolute Gasteiger partial charge is 0.491 e. The first-order valence-corrected chi connectivity index (χ1v) is 12.6. The molecule has 1 saturated heterocycles. The van der Waals surface area contributed by atoms with Crippen LogP contribution in [-0.4, -0.2) is 55.4 Å². The molecule has 0 amide bonds. The van der Waals surface area contributed by atoms with Gasteiger partial charge in [-0.15, -0.1) is 0 Å². The van der Waals surface area contributed by atoms with Crippen LogP contribution in [0.2, 0.25) is 0 Å². The monoisotopic (exact) mass is 519 g/mol. The van der Waals surface area contributed by atoms with Crippen LogP contribution in [0, 0.1) is 0 Å². The van der Waals surface area contributed by atoms with E-state index in [2.05, 4.69) is 46.8 Å². The van der Waals surface area contributed by atoms with Gasteiger partial charge in [-0.2, -0.15) is 10.1 Å². The molecule has 0 bridgehead atoms. The Morgan fingerprint density at radius 2 is 2.08 bits per heavy atom. The number of nitrogens with one attached hydrogen (secondary N) is 1. The number of hydrogen-bond acceptors (Lipinski definition) is 9. The molecule has 0 unspecified atom stereocenters. The zero-order chi connectivity index (χ0) is 27.0. The third kappa shape index (κ3) is 5.06. The minimum absolute atomic E-state index is 0.0289. The standard InChI is InChI=1S/C27H33N7O4/c1-16(35)11-17-12-19(7-9-28-17)38-20-14-29-25-23(24(20)36-6)33(5)26(31-25)30-22-13-21(27(2,3)4)34(32-22)18-8-10-37-15-18/h7,9,12-14,18H,8,10-11,15H2,1-6H3,(H,29,30,31,32)/t18-/m0/s1. The molecule has 38 heavy (non-hydrogen) atoms. The molecular weight excluding hydrogens is 486 g/mol. The normalized spacial score (nSPS) is 15.7. The highest BCUT2D eigenvalue weighted by molar-refractivity contribution is 5.84. The minimum Gasteiger partial charge on any atom is -0.491 e. The fraction of sp³-hybridized carbons (Fsp3) is 0.444. The number of anilines is 2. The molecule has 5 rings (SSSR count). The van der Waals surface area contributed by atoms with Crippen LogP contribution in [0.5, 0.6) is 17.2 Å². The lowest BCUT2D eigenvalue weighted by atomic mass is 9.91. The summed E-state index contributed by atoms with van der Waals surface area (Å²) in [6.07, 6.45) is 4.37. The summed E-state index contributed by atoms with van der Waals surface area (Å²) in [5, 5.41) is 8.24. The third-order valence-corrected chi connectivity index (χ3v) is 6.47. The van der Waals surface area contributed by atoms with Gasteiger partial charge >= 0.3 is 0 Å². The van der Waals surface area contributed by atoms with Gasteiger partial charge in [0.05, 0.1) is 31.6 Å². The van der Waals surface area contributed by atoms with Crippen molar-refractivity contribution < 1.29 is 19.0 Å². The number of imidazole rings is 1. The number of pyridine rings is 2. The number of fused-ring (bicyclic) bond motifs is 1. The van der Waals surface area contributed by atoms with E-state index in [0.717, 1.165) is 18.7 Å². The van der Waals surface area contributed by atoms with Crippen molar-refractivity contribution in [1.29, 1.82) is 0 Å². The SMILES string of the molecule is COc1c(Oc2ccnc(CC(C)=O)c2)cnc2nc(Nc3cc(C(C)(C)C)n([C@H]4CCOC4)n3)n(C)c12. The fourth-order valence-electron chi connectivity index (χ4n) is 4.63. The zero-order valence-electron chi connectivity index (χ0n) is 22.6. The topological polar surface area (TPSA) is 118 Å². The van der Waals surface area contributed by atoms with Gasteiger partial charge in [-0.25, -0.2) is 4.98 Å². The van der Waals surface area contributed by atoms with Gasteiger partial charge in [0.2, 0.25) is 5.95 Å². The first-order valence-electron chi connectivity index (χ1n) is 12.6. The van der Waals surface area contributed by atoms with Crippen molar-refractivity contribution in [2.45, 2.75) is 52.0 Å². The molecule has 5 heterocycles. The maximum Gasteiger partial charge on any atom is 0.211 e. The lowest BCUT2D eigenvalue weighted by molar-refractivity contribution is -0.116. The Kier molecular flexibility index (Phi) is 6.78. The lowest BCUT2D eigenvalue weighted by Gasteiger charge is -2.22. The highest BCUT2D eigenvalue weighted by atomic mass is 16.5. The predicted molar refractivity (Wildman–Crippen MR) is 142 cm³/mol. The van der Waals surface area contributed by atoms with Crippen molar-refractivity contribution in [2.75, 3.05) is 25.6 Å². The van der Waals surface area contributed by atoms with Gasteiger partial charge in [-0.3, -0.25) is 14.5 Å². The number of carbonyl (C=O) groups excluding carboxylic acids is 1. The summed E-state index contributed by atoms with van der Waals surface area (Å²) in [6, 6.07) is 5.74. The van der Waals surface area contributed by atoms with Gasteiger partial charge in [0.25, 0.3) is 0 Å². The van der Waals surface area contributed by atoms with Crippen LogP contribution >= 0.6 is 0 Å². The van der Waals surface area contributed by atoms with E-state index in [4.69, 9.17) is 24.3 Å². The van der Waals surface area contributed by atoms with Crippen molar-refractivity contribution in [3.63, 3.8) is 0 Å². The second-order valence-electron chi connectivity index (χ2n) is 10.5. The van der Waals surface area contributed by atoms with Crippen LogP contribution in [-0.2, 0) is 28.4 Å². The number of ketones is 1. The molecule has 11 heteroatoms. The molecule has 4 aromatic rings. The molecular formula is C27H33N7O4. The zero-order valence-corrected chi connectivity index (χ0v) is 22.6. The fourth-order valence-corrected chi connectivity index (χ4v) is 4.63. The van der Waals surface area contributed by atoms with Gasteiger partial charge in [0.15, 0.2) is 23.0 Å². The van der Waals surface area contributed by atoms with Crippen molar-refractivity contribution in [3.05, 3.63) is 42.0 Å². The average molecular weight is 520 g/mol. The number of aryl methyl sites for hydroxylation is 1. The molecule has 1 atom stereocenters. The number of hydrogen-bond donors (Lipinski definition) is 1. The Morgan fingerprint density at radius 1 is 1.26 bits per heavy atom. The van der Waals surface area contributed by atoms with Crippen LogP contribution in [0.15, 0.2) is 30.6 Å². The summed E-state index contributed by atoms with van der Waals surface area (Å²) in [7, 11) is 3.46. The van der Waals surface area contributed by atoms with E-state index < -0.39 is 0 Å². The van der Waals surface area contributed by atoms with Crippen molar-refractivity contribution >= 4 is 28.7 Å². The number of methoxy groups -OCH3 is 1. The summed E-state index contributed by atoms with van der Waals surface area (Å²) in [5.74, 6) is 2.75. The van der Waals surface area contributed by atoms with Crippen LogP contribution in [0.1, 0.15) is 51.5 Å². The van der Waals surface area contributed by atoms with Gasteiger partial charge in [0, 0.05) is 49.5 Å². The molecule has 0 spiro atoms. The molecule has 0 aliphatic carbocycles. The lowest BCUT2D eigenvalue weighted by Crippen LogP contribution is -2.22. The average Bonchev–Trinajstić information content (AvgIpc) is 3.59. The Hall–Kier alpha value is -3.99. The Morgan fingerprint density at radius 3 is 2.76 bits per heavy atom. The first kappa shape index (κ1) is 25.7. The van der Waals surface area contributed by atoms with Crippen molar-refractivity contribution in [2.24, 2.45) is 7.05 Å². The number of rotatable bonds is 8. The van der Waals surface area contributed by atoms with Crippen molar-refractivity contribution in [1.82, 2.24) is 29.3 Å². The van der Waals surface area contributed by atoms with E-state index in [9.17, 15) is 4.79 Å². The van der Waals surface area contributed by atoms with E-state index >= 15 is 0 Å². The Labute approximate surface area is 221 Å². The van der Waals surface area contributed by atoms with Gasteiger partial charge < -0.3 is 24.1 Å². The number of aromatic nitrogens is 6. The molecule has 1 aliphatic heterocycles. The minimum atomic E-state index is -0.0872. The van der Waals surface area contributed by atoms with E-state index in [1.54, 1.807) is 31.6 Å². The number of nitrogens with zero attached hydrogens (tertiary/aromatic N) is 6.